The molecule has 0 saturated carbocycles. The van der Waals surface area contributed by atoms with Gasteiger partial charge in [0.15, 0.2) is 0 Å². The van der Waals surface area contributed by atoms with Gasteiger partial charge in [-0.15, -0.1) is 0 Å². The minimum atomic E-state index is 0.318. The molecule has 3 heteroatoms. The Balaban J connectivity index is 2.20. The highest BCUT2D eigenvalue weighted by molar-refractivity contribution is 6.29. The average Bonchev–Trinajstić information content (AvgIpc) is 2.58. The third-order valence-corrected chi connectivity index (χ3v) is 3.06. The lowest BCUT2D eigenvalue weighted by atomic mass is 9.94. The van der Waals surface area contributed by atoms with Gasteiger partial charge < -0.3 is 4.65 Å². The maximum atomic E-state index is 5.96. The normalized spacial score (nSPS) is 17.3. The molecule has 0 bridgehead atoms. The molecule has 0 heterocycles. The lowest BCUT2D eigenvalue weighted by Crippen LogP contribution is -2.09. The second-order valence-electron chi connectivity index (χ2n) is 4.39. The van der Waals surface area contributed by atoms with Gasteiger partial charge in [-0.25, -0.2) is 0 Å². The van der Waals surface area contributed by atoms with Crippen LogP contribution in [0, 0.1) is 0 Å². The molecule has 0 spiro atoms. The van der Waals surface area contributed by atoms with Gasteiger partial charge in [-0.2, -0.15) is 0 Å². The van der Waals surface area contributed by atoms with Gasteiger partial charge in [0.05, 0.1) is 0 Å². The van der Waals surface area contributed by atoms with Crippen LogP contribution in [-0.4, -0.2) is 13.6 Å². The van der Waals surface area contributed by atoms with Crippen LogP contribution in [0.4, 0.5) is 0 Å². The smallest absolute Gasteiger partial charge is 0.296 e. The van der Waals surface area contributed by atoms with E-state index in [2.05, 4.69) is 44.2 Å². The van der Waals surface area contributed by atoms with Crippen LogP contribution in [-0.2, 0) is 4.65 Å². The van der Waals surface area contributed by atoms with Crippen LogP contribution in [0.15, 0.2) is 47.1 Å². The molecular formula is C15H21BClO. The summed E-state index contributed by atoms with van der Waals surface area (Å²) in [5.41, 5.74) is 1.28. The topological polar surface area (TPSA) is 9.23 Å². The first kappa shape index (κ1) is 15.3. The number of hydrogen-bond acceptors (Lipinski definition) is 1. The van der Waals surface area contributed by atoms with E-state index in [4.69, 9.17) is 16.3 Å². The van der Waals surface area contributed by atoms with Gasteiger partial charge in [-0.05, 0) is 37.7 Å². The highest BCUT2D eigenvalue weighted by Crippen LogP contribution is 2.16. The Morgan fingerprint density at radius 3 is 3.06 bits per heavy atom. The van der Waals surface area contributed by atoms with E-state index in [1.807, 2.05) is 13.6 Å². The molecule has 1 aliphatic rings. The Bertz CT molecular complexity index is 356. The van der Waals surface area contributed by atoms with E-state index < -0.39 is 0 Å². The SMILES string of the molecule is CCC(C)O[B]C/C=C/CC1=CC=C(Cl)CC=C1. The van der Waals surface area contributed by atoms with Crippen LogP contribution in [0.5, 0.6) is 0 Å². The Morgan fingerprint density at radius 2 is 2.28 bits per heavy atom. The maximum absolute atomic E-state index is 5.96. The van der Waals surface area contributed by atoms with Crippen LogP contribution in [0.1, 0.15) is 33.1 Å². The van der Waals surface area contributed by atoms with Crippen LogP contribution >= 0.6 is 11.6 Å². The molecule has 0 saturated heterocycles. The zero-order valence-electron chi connectivity index (χ0n) is 11.2. The molecule has 0 fully saturated rings. The zero-order chi connectivity index (χ0) is 13.2. The van der Waals surface area contributed by atoms with Gasteiger partial charge in [0.2, 0.25) is 0 Å². The van der Waals surface area contributed by atoms with Crippen molar-refractivity contribution >= 4 is 19.1 Å². The fourth-order valence-corrected chi connectivity index (χ4v) is 1.62. The number of hydrogen-bond donors (Lipinski definition) is 0. The summed E-state index contributed by atoms with van der Waals surface area (Å²) in [4.78, 5) is 0. The molecule has 1 nitrogen and oxygen atoms in total. The maximum Gasteiger partial charge on any atom is 0.296 e. The molecule has 1 atom stereocenters. The lowest BCUT2D eigenvalue weighted by molar-refractivity contribution is 0.229. The first-order valence-corrected chi connectivity index (χ1v) is 6.94. The summed E-state index contributed by atoms with van der Waals surface area (Å²) in [5, 5.41) is 0.889. The van der Waals surface area contributed by atoms with E-state index in [1.165, 1.54) is 5.57 Å². The first-order valence-electron chi connectivity index (χ1n) is 6.56. The highest BCUT2D eigenvalue weighted by atomic mass is 35.5. The summed E-state index contributed by atoms with van der Waals surface area (Å²) >= 11 is 5.96. The predicted octanol–water partition coefficient (Wildman–Crippen LogP) is 4.79. The second-order valence-corrected chi connectivity index (χ2v) is 4.88. The van der Waals surface area contributed by atoms with Gasteiger partial charge >= 0.3 is 0 Å². The minimum Gasteiger partial charge on any atom is -0.438 e. The van der Waals surface area contributed by atoms with E-state index in [9.17, 15) is 0 Å². The summed E-state index contributed by atoms with van der Waals surface area (Å²) in [6.07, 6.45) is 16.6. The fourth-order valence-electron chi connectivity index (χ4n) is 1.47. The largest absolute Gasteiger partial charge is 0.438 e. The van der Waals surface area contributed by atoms with Crippen molar-refractivity contribution in [1.29, 1.82) is 0 Å². The van der Waals surface area contributed by atoms with E-state index in [0.29, 0.717) is 6.10 Å². The van der Waals surface area contributed by atoms with Crippen LogP contribution in [0.3, 0.4) is 0 Å². The monoisotopic (exact) mass is 263 g/mol. The Labute approximate surface area is 117 Å². The molecule has 97 valence electrons. The van der Waals surface area contributed by atoms with Crippen molar-refractivity contribution in [2.45, 2.75) is 45.5 Å². The summed E-state index contributed by atoms with van der Waals surface area (Å²) in [6.45, 7) is 4.20. The van der Waals surface area contributed by atoms with Crippen molar-refractivity contribution in [2.75, 3.05) is 0 Å². The number of halogens is 1. The molecule has 0 aromatic carbocycles. The molecule has 0 aromatic rings. The lowest BCUT2D eigenvalue weighted by Gasteiger charge is -2.07. The number of allylic oxidation sites excluding steroid dienone is 8. The second kappa shape index (κ2) is 9.24. The quantitative estimate of drug-likeness (QED) is 0.364. The van der Waals surface area contributed by atoms with Crippen molar-refractivity contribution < 1.29 is 4.65 Å². The van der Waals surface area contributed by atoms with Crippen molar-refractivity contribution in [3.8, 4) is 0 Å². The van der Waals surface area contributed by atoms with Gasteiger partial charge in [-0.1, -0.05) is 48.9 Å². The highest BCUT2D eigenvalue weighted by Gasteiger charge is 1.98. The first-order chi connectivity index (χ1) is 8.72. The van der Waals surface area contributed by atoms with E-state index in [0.717, 1.165) is 30.6 Å². The third kappa shape index (κ3) is 6.88. The number of rotatable bonds is 7. The third-order valence-electron chi connectivity index (χ3n) is 2.78. The molecule has 1 radical (unpaired) electrons. The zero-order valence-corrected chi connectivity index (χ0v) is 12.0. The van der Waals surface area contributed by atoms with Crippen molar-refractivity contribution in [3.05, 3.63) is 47.1 Å². The molecule has 1 aliphatic carbocycles. The minimum absolute atomic E-state index is 0.318. The fraction of sp³-hybridized carbons (Fsp3) is 0.467. The molecule has 0 aliphatic heterocycles. The average molecular weight is 264 g/mol. The van der Waals surface area contributed by atoms with Crippen LogP contribution in [0.25, 0.3) is 0 Å². The van der Waals surface area contributed by atoms with Gasteiger partial charge in [0.1, 0.15) is 0 Å². The van der Waals surface area contributed by atoms with Gasteiger partial charge in [0, 0.05) is 17.6 Å². The molecule has 1 rings (SSSR count). The standard InChI is InChI=1S/C15H21BClO/c1-3-13(2)18-16-12-5-4-7-14-8-6-9-15(17)11-10-14/h4-6,8,10-11,13H,3,7,9,12H2,1-2H3/b5-4+. The molecule has 0 amide bonds. The summed E-state index contributed by atoms with van der Waals surface area (Å²) in [6, 6.07) is 0. The molecular weight excluding hydrogens is 242 g/mol. The van der Waals surface area contributed by atoms with Gasteiger partial charge in [0.25, 0.3) is 7.48 Å². The summed E-state index contributed by atoms with van der Waals surface area (Å²) < 4.78 is 5.49. The van der Waals surface area contributed by atoms with E-state index in [-0.39, 0.29) is 0 Å². The molecule has 0 N–H and O–H groups in total. The predicted molar refractivity (Wildman–Crippen MR) is 80.9 cm³/mol. The van der Waals surface area contributed by atoms with E-state index >= 15 is 0 Å². The Kier molecular flexibility index (Phi) is 7.87. The van der Waals surface area contributed by atoms with Crippen molar-refractivity contribution in [1.82, 2.24) is 0 Å². The molecule has 1 unspecified atom stereocenters. The van der Waals surface area contributed by atoms with Crippen molar-refractivity contribution in [2.24, 2.45) is 0 Å². The van der Waals surface area contributed by atoms with Crippen LogP contribution in [0.2, 0.25) is 6.32 Å². The summed E-state index contributed by atoms with van der Waals surface area (Å²) in [7, 11) is 1.87. The van der Waals surface area contributed by atoms with Crippen LogP contribution < -0.4 is 0 Å². The van der Waals surface area contributed by atoms with Gasteiger partial charge in [-0.3, -0.25) is 0 Å². The van der Waals surface area contributed by atoms with Crippen molar-refractivity contribution in [3.63, 3.8) is 0 Å². The summed E-state index contributed by atoms with van der Waals surface area (Å²) in [5.74, 6) is 0. The van der Waals surface area contributed by atoms with E-state index in [1.54, 1.807) is 0 Å². The molecule has 0 aromatic heterocycles. The Morgan fingerprint density at radius 1 is 1.44 bits per heavy atom. The molecule has 18 heavy (non-hydrogen) atoms. The Hall–Kier alpha value is -0.725.